The van der Waals surface area contributed by atoms with Gasteiger partial charge in [-0.3, -0.25) is 4.79 Å². The van der Waals surface area contributed by atoms with Gasteiger partial charge in [-0.15, -0.1) is 0 Å². The summed E-state index contributed by atoms with van der Waals surface area (Å²) in [4.78, 5) is 26.7. The number of hydrogen-bond donors (Lipinski definition) is 1. The number of rotatable bonds is 7. The molecule has 0 saturated carbocycles. The topological polar surface area (TPSA) is 73.9 Å². The molecule has 2 aliphatic rings. The first-order valence-electron chi connectivity index (χ1n) is 12.1. The Bertz CT molecular complexity index is 1530. The van der Waals surface area contributed by atoms with Gasteiger partial charge in [-0.25, -0.2) is 4.79 Å². The van der Waals surface area contributed by atoms with Gasteiger partial charge in [-0.05, 0) is 53.5 Å². The molecule has 1 aliphatic carbocycles. The maximum atomic E-state index is 13.7. The number of ketones is 1. The van der Waals surface area contributed by atoms with E-state index >= 15 is 0 Å². The maximum Gasteiger partial charge on any atom is 0.336 e. The van der Waals surface area contributed by atoms with E-state index in [-0.39, 0.29) is 12.4 Å². The van der Waals surface area contributed by atoms with Gasteiger partial charge in [0, 0.05) is 38.9 Å². The molecular formula is C30H25BrClNO5. The molecule has 0 unspecified atom stereocenters. The van der Waals surface area contributed by atoms with Crippen molar-refractivity contribution < 1.29 is 23.8 Å². The molecule has 0 spiro atoms. The molecule has 8 heteroatoms. The van der Waals surface area contributed by atoms with Crippen molar-refractivity contribution in [3.05, 3.63) is 109 Å². The fourth-order valence-corrected chi connectivity index (χ4v) is 5.73. The Morgan fingerprint density at radius 3 is 2.47 bits per heavy atom. The molecule has 3 aromatic carbocycles. The highest BCUT2D eigenvalue weighted by atomic mass is 79.9. The van der Waals surface area contributed by atoms with Gasteiger partial charge in [0.05, 0.1) is 29.5 Å². The molecule has 0 radical (unpaired) electrons. The van der Waals surface area contributed by atoms with Gasteiger partial charge in [-0.2, -0.15) is 0 Å². The van der Waals surface area contributed by atoms with E-state index in [0.717, 1.165) is 11.1 Å². The third kappa shape index (κ3) is 4.50. The van der Waals surface area contributed by atoms with Crippen molar-refractivity contribution >= 4 is 45.0 Å². The van der Waals surface area contributed by atoms with Crippen LogP contribution in [0.2, 0.25) is 5.02 Å². The van der Waals surface area contributed by atoms with Crippen LogP contribution in [-0.2, 0) is 16.1 Å². The summed E-state index contributed by atoms with van der Waals surface area (Å²) >= 11 is 9.96. The largest absolute Gasteiger partial charge is 0.490 e. The second-order valence-electron chi connectivity index (χ2n) is 8.89. The lowest BCUT2D eigenvalue weighted by Crippen LogP contribution is -2.29. The van der Waals surface area contributed by atoms with Gasteiger partial charge in [0.2, 0.25) is 0 Å². The van der Waals surface area contributed by atoms with Crippen LogP contribution in [0.3, 0.4) is 0 Å². The first-order chi connectivity index (χ1) is 18.3. The average Bonchev–Trinajstić information content (AvgIpc) is 3.19. The zero-order chi connectivity index (χ0) is 27.0. The van der Waals surface area contributed by atoms with Crippen molar-refractivity contribution in [1.82, 2.24) is 5.32 Å². The van der Waals surface area contributed by atoms with Crippen molar-refractivity contribution in [2.45, 2.75) is 26.4 Å². The SMILES string of the molecule is CCOc1cc([C@H]2C(C(=O)OC)=C(C)NC3=C2C(=O)c2ccccc23)cc(Br)c1OCc1ccccc1Cl. The minimum Gasteiger partial charge on any atom is -0.490 e. The van der Waals surface area contributed by atoms with Crippen molar-refractivity contribution in [3.63, 3.8) is 0 Å². The number of carbonyl (C=O) groups excluding carboxylic acids is 2. The molecular weight excluding hydrogens is 570 g/mol. The van der Waals surface area contributed by atoms with Gasteiger partial charge in [0.15, 0.2) is 17.3 Å². The standard InChI is InChI=1S/C30H25BrClNO5/c1-4-37-23-14-18(13-21(31)29(23)38-15-17-9-5-8-12-22(17)32)25-24(30(35)36-3)16(2)33-27-19-10-6-7-11-20(19)28(34)26(25)27/h5-14,25,33H,4,15H2,1-3H3/t25-/m0/s1. The van der Waals surface area contributed by atoms with Gasteiger partial charge < -0.3 is 19.5 Å². The number of carbonyl (C=O) groups is 2. The van der Waals surface area contributed by atoms with Crippen molar-refractivity contribution in [2.24, 2.45) is 0 Å². The number of benzene rings is 3. The number of halogens is 2. The lowest BCUT2D eigenvalue weighted by Gasteiger charge is -2.29. The van der Waals surface area contributed by atoms with E-state index < -0.39 is 11.9 Å². The van der Waals surface area contributed by atoms with Crippen molar-refractivity contribution in [2.75, 3.05) is 13.7 Å². The van der Waals surface area contributed by atoms with E-state index in [9.17, 15) is 9.59 Å². The number of methoxy groups -OCH3 is 1. The molecule has 1 heterocycles. The number of nitrogens with one attached hydrogen (secondary N) is 1. The zero-order valence-electron chi connectivity index (χ0n) is 21.1. The molecule has 5 rings (SSSR count). The Hall–Kier alpha value is -3.55. The van der Waals surface area contributed by atoms with Crippen LogP contribution in [0.15, 0.2) is 82.0 Å². The third-order valence-corrected chi connectivity index (χ3v) is 7.61. The fraction of sp³-hybridized carbons (Fsp3) is 0.200. The lowest BCUT2D eigenvalue weighted by molar-refractivity contribution is -0.136. The van der Waals surface area contributed by atoms with Crippen LogP contribution in [0, 0.1) is 0 Å². The fourth-order valence-electron chi connectivity index (χ4n) is 4.97. The molecule has 1 atom stereocenters. The maximum absolute atomic E-state index is 13.7. The highest BCUT2D eigenvalue weighted by molar-refractivity contribution is 9.10. The minimum atomic E-state index is -0.674. The first kappa shape index (κ1) is 26.1. The van der Waals surface area contributed by atoms with Crippen molar-refractivity contribution in [3.8, 4) is 11.5 Å². The highest BCUT2D eigenvalue weighted by Crippen LogP contribution is 2.49. The highest BCUT2D eigenvalue weighted by Gasteiger charge is 2.43. The normalized spacial score (nSPS) is 16.1. The van der Waals surface area contributed by atoms with Gasteiger partial charge >= 0.3 is 5.97 Å². The van der Waals surface area contributed by atoms with Crippen LogP contribution in [-0.4, -0.2) is 25.5 Å². The van der Waals surface area contributed by atoms with Gasteiger partial charge in [0.25, 0.3) is 0 Å². The van der Waals surface area contributed by atoms with Crippen LogP contribution in [0.25, 0.3) is 5.70 Å². The smallest absolute Gasteiger partial charge is 0.336 e. The van der Waals surface area contributed by atoms with E-state index in [4.69, 9.17) is 25.8 Å². The molecule has 0 bridgehead atoms. The summed E-state index contributed by atoms with van der Waals surface area (Å²) in [6.07, 6.45) is 0. The number of Topliss-reactive ketones (excluding diaryl/α,β-unsaturated/α-hetero) is 1. The number of esters is 1. The monoisotopic (exact) mass is 593 g/mol. The predicted octanol–water partition coefficient (Wildman–Crippen LogP) is 6.82. The van der Waals surface area contributed by atoms with Crippen LogP contribution >= 0.6 is 27.5 Å². The van der Waals surface area contributed by atoms with Crippen LogP contribution in [0.5, 0.6) is 11.5 Å². The predicted molar refractivity (Wildman–Crippen MR) is 149 cm³/mol. The van der Waals surface area contributed by atoms with E-state index in [2.05, 4.69) is 21.2 Å². The Balaban J connectivity index is 1.63. The van der Waals surface area contributed by atoms with E-state index in [0.29, 0.717) is 61.3 Å². The molecule has 0 amide bonds. The quantitative estimate of drug-likeness (QED) is 0.303. The molecule has 194 valence electrons. The Morgan fingerprint density at radius 1 is 1.05 bits per heavy atom. The summed E-state index contributed by atoms with van der Waals surface area (Å²) in [5.41, 5.74) is 5.12. The van der Waals surface area contributed by atoms with E-state index in [1.807, 2.05) is 68.4 Å². The number of allylic oxidation sites excluding steroid dienone is 2. The Morgan fingerprint density at radius 2 is 1.76 bits per heavy atom. The molecule has 3 aromatic rings. The summed E-state index contributed by atoms with van der Waals surface area (Å²) in [7, 11) is 1.34. The molecule has 0 aromatic heterocycles. The molecule has 0 saturated heterocycles. The number of hydrogen-bond acceptors (Lipinski definition) is 6. The summed E-state index contributed by atoms with van der Waals surface area (Å²) in [5, 5.41) is 3.90. The van der Waals surface area contributed by atoms with Crippen LogP contribution in [0.1, 0.15) is 46.8 Å². The molecule has 38 heavy (non-hydrogen) atoms. The average molecular weight is 595 g/mol. The second-order valence-corrected chi connectivity index (χ2v) is 10.2. The van der Waals surface area contributed by atoms with E-state index in [1.165, 1.54) is 7.11 Å². The molecule has 0 fully saturated rings. The van der Waals surface area contributed by atoms with Crippen molar-refractivity contribution in [1.29, 1.82) is 0 Å². The first-order valence-corrected chi connectivity index (χ1v) is 13.3. The van der Waals surface area contributed by atoms with Crippen LogP contribution < -0.4 is 14.8 Å². The Kier molecular flexibility index (Phi) is 7.32. The molecule has 1 N–H and O–H groups in total. The lowest BCUT2D eigenvalue weighted by atomic mass is 9.79. The molecule has 6 nitrogen and oxygen atoms in total. The summed E-state index contributed by atoms with van der Waals surface area (Å²) in [6.45, 7) is 4.32. The number of ether oxygens (including phenoxy) is 3. The number of fused-ring (bicyclic) bond motifs is 2. The third-order valence-electron chi connectivity index (χ3n) is 6.65. The van der Waals surface area contributed by atoms with Gasteiger partial charge in [-0.1, -0.05) is 54.1 Å². The van der Waals surface area contributed by atoms with Gasteiger partial charge in [0.1, 0.15) is 6.61 Å². The number of dihydropyridines is 1. The molecule has 1 aliphatic heterocycles. The van der Waals surface area contributed by atoms with E-state index in [1.54, 1.807) is 6.07 Å². The summed E-state index contributed by atoms with van der Waals surface area (Å²) in [6, 6.07) is 18.6. The summed E-state index contributed by atoms with van der Waals surface area (Å²) in [5.74, 6) is -0.334. The zero-order valence-corrected chi connectivity index (χ0v) is 23.4. The summed E-state index contributed by atoms with van der Waals surface area (Å²) < 4.78 is 17.9. The minimum absolute atomic E-state index is 0.130. The van der Waals surface area contributed by atoms with Crippen LogP contribution in [0.4, 0.5) is 0 Å². The Labute approximate surface area is 234 Å². The second kappa shape index (κ2) is 10.7.